The van der Waals surface area contributed by atoms with Crippen LogP contribution in [0, 0.1) is 5.92 Å². The lowest BCUT2D eigenvalue weighted by Crippen LogP contribution is -2.30. The van der Waals surface area contributed by atoms with Gasteiger partial charge in [-0.15, -0.1) is 0 Å². The number of hydrogen-bond acceptors (Lipinski definition) is 4. The Morgan fingerprint density at radius 3 is 2.70 bits per heavy atom. The van der Waals surface area contributed by atoms with Crippen molar-refractivity contribution in [2.24, 2.45) is 5.92 Å². The van der Waals surface area contributed by atoms with E-state index in [4.69, 9.17) is 0 Å². The van der Waals surface area contributed by atoms with Gasteiger partial charge in [-0.05, 0) is 25.3 Å². The molecular formula is C17H22N4O2. The van der Waals surface area contributed by atoms with E-state index in [-0.39, 0.29) is 17.4 Å². The maximum atomic E-state index is 11.9. The molecule has 23 heavy (non-hydrogen) atoms. The Hall–Kier alpha value is -2.37. The number of aromatic nitrogens is 2. The second-order valence-electron chi connectivity index (χ2n) is 6.00. The minimum atomic E-state index is -0.185. The van der Waals surface area contributed by atoms with E-state index >= 15 is 0 Å². The lowest BCUT2D eigenvalue weighted by molar-refractivity contribution is -0.124. The summed E-state index contributed by atoms with van der Waals surface area (Å²) in [4.78, 5) is 23.6. The van der Waals surface area contributed by atoms with Crippen LogP contribution in [0.15, 0.2) is 29.1 Å². The van der Waals surface area contributed by atoms with Crippen LogP contribution in [0.3, 0.4) is 0 Å². The number of fused-ring (bicyclic) bond motifs is 1. The zero-order valence-corrected chi connectivity index (χ0v) is 13.1. The third kappa shape index (κ3) is 3.70. The van der Waals surface area contributed by atoms with Crippen LogP contribution in [0.25, 0.3) is 10.8 Å². The highest BCUT2D eigenvalue weighted by Gasteiger charge is 2.21. The fourth-order valence-corrected chi connectivity index (χ4v) is 3.09. The fourth-order valence-electron chi connectivity index (χ4n) is 3.09. The van der Waals surface area contributed by atoms with E-state index in [0.29, 0.717) is 24.3 Å². The molecule has 1 aliphatic carbocycles. The number of carbonyl (C=O) groups excluding carboxylic acids is 1. The first kappa shape index (κ1) is 15.5. The van der Waals surface area contributed by atoms with Gasteiger partial charge in [-0.2, -0.15) is 5.10 Å². The summed E-state index contributed by atoms with van der Waals surface area (Å²) < 4.78 is 0. The van der Waals surface area contributed by atoms with Gasteiger partial charge in [0.15, 0.2) is 5.82 Å². The molecule has 0 spiro atoms. The Morgan fingerprint density at radius 1 is 1.17 bits per heavy atom. The summed E-state index contributed by atoms with van der Waals surface area (Å²) >= 11 is 0. The number of carbonyl (C=O) groups is 1. The molecule has 3 rings (SSSR count). The van der Waals surface area contributed by atoms with Gasteiger partial charge in [-0.3, -0.25) is 9.59 Å². The highest BCUT2D eigenvalue weighted by Crippen LogP contribution is 2.24. The van der Waals surface area contributed by atoms with Gasteiger partial charge in [0.1, 0.15) is 0 Å². The number of amides is 1. The van der Waals surface area contributed by atoms with E-state index in [1.54, 1.807) is 6.07 Å². The van der Waals surface area contributed by atoms with Gasteiger partial charge in [0, 0.05) is 24.4 Å². The molecular weight excluding hydrogens is 292 g/mol. The predicted molar refractivity (Wildman–Crippen MR) is 90.4 cm³/mol. The topological polar surface area (TPSA) is 86.9 Å². The van der Waals surface area contributed by atoms with Crippen molar-refractivity contribution in [2.45, 2.75) is 32.1 Å². The molecule has 1 saturated carbocycles. The molecule has 1 fully saturated rings. The quantitative estimate of drug-likeness (QED) is 0.712. The summed E-state index contributed by atoms with van der Waals surface area (Å²) in [6, 6.07) is 7.38. The van der Waals surface area contributed by atoms with Crippen molar-refractivity contribution in [3.63, 3.8) is 0 Å². The molecule has 122 valence electrons. The Balaban J connectivity index is 1.48. The van der Waals surface area contributed by atoms with Gasteiger partial charge in [0.05, 0.1) is 5.39 Å². The number of nitrogens with one attached hydrogen (secondary N) is 3. The van der Waals surface area contributed by atoms with Crippen LogP contribution in [-0.4, -0.2) is 29.2 Å². The van der Waals surface area contributed by atoms with Gasteiger partial charge in [-0.1, -0.05) is 31.0 Å². The van der Waals surface area contributed by atoms with Crippen LogP contribution in [-0.2, 0) is 4.79 Å². The van der Waals surface area contributed by atoms with Crippen LogP contribution in [0.5, 0.6) is 0 Å². The summed E-state index contributed by atoms with van der Waals surface area (Å²) in [7, 11) is 0. The summed E-state index contributed by atoms with van der Waals surface area (Å²) in [5.74, 6) is 1.07. The average Bonchev–Trinajstić information content (AvgIpc) is 3.11. The van der Waals surface area contributed by atoms with Crippen molar-refractivity contribution >= 4 is 22.5 Å². The SMILES string of the molecule is O=C(NCCCNc1n[nH]c(=O)c2ccccc12)C1CCCC1. The van der Waals surface area contributed by atoms with Crippen molar-refractivity contribution in [1.29, 1.82) is 0 Å². The van der Waals surface area contributed by atoms with Crippen LogP contribution in [0.4, 0.5) is 5.82 Å². The highest BCUT2D eigenvalue weighted by molar-refractivity contribution is 5.90. The predicted octanol–water partition coefficient (Wildman–Crippen LogP) is 2.03. The van der Waals surface area contributed by atoms with Gasteiger partial charge in [0.25, 0.3) is 5.56 Å². The Kier molecular flexibility index (Phi) is 4.90. The maximum absolute atomic E-state index is 11.9. The number of nitrogens with zero attached hydrogens (tertiary/aromatic N) is 1. The van der Waals surface area contributed by atoms with Crippen molar-refractivity contribution in [2.75, 3.05) is 18.4 Å². The van der Waals surface area contributed by atoms with Crippen LogP contribution >= 0.6 is 0 Å². The van der Waals surface area contributed by atoms with E-state index in [1.807, 2.05) is 18.2 Å². The fraction of sp³-hybridized carbons (Fsp3) is 0.471. The molecule has 0 saturated heterocycles. The van der Waals surface area contributed by atoms with E-state index < -0.39 is 0 Å². The van der Waals surface area contributed by atoms with Gasteiger partial charge in [-0.25, -0.2) is 5.10 Å². The molecule has 1 aromatic carbocycles. The summed E-state index contributed by atoms with van der Waals surface area (Å²) in [6.07, 6.45) is 5.21. The first-order valence-corrected chi connectivity index (χ1v) is 8.25. The van der Waals surface area contributed by atoms with Gasteiger partial charge < -0.3 is 10.6 Å². The standard InChI is InChI=1S/C17H22N4O2/c22-16(12-6-1-2-7-12)19-11-5-10-18-15-13-8-3-4-9-14(13)17(23)21-20-15/h3-4,8-9,12H,1-2,5-7,10-11H2,(H,18,20)(H,19,22)(H,21,23). The highest BCUT2D eigenvalue weighted by atomic mass is 16.2. The van der Waals surface area contributed by atoms with Gasteiger partial charge in [0.2, 0.25) is 5.91 Å². The Morgan fingerprint density at radius 2 is 1.91 bits per heavy atom. The van der Waals surface area contributed by atoms with Crippen LogP contribution < -0.4 is 16.2 Å². The maximum Gasteiger partial charge on any atom is 0.272 e. The summed E-state index contributed by atoms with van der Waals surface area (Å²) in [6.45, 7) is 1.34. The monoisotopic (exact) mass is 314 g/mol. The molecule has 1 heterocycles. The van der Waals surface area contributed by atoms with E-state index in [2.05, 4.69) is 20.8 Å². The van der Waals surface area contributed by atoms with E-state index in [9.17, 15) is 9.59 Å². The van der Waals surface area contributed by atoms with Crippen LogP contribution in [0.1, 0.15) is 32.1 Å². The zero-order valence-electron chi connectivity index (χ0n) is 13.1. The second-order valence-corrected chi connectivity index (χ2v) is 6.00. The second kappa shape index (κ2) is 7.26. The summed E-state index contributed by atoms with van der Waals surface area (Å²) in [5.41, 5.74) is -0.185. The number of anilines is 1. The molecule has 0 aliphatic heterocycles. The smallest absolute Gasteiger partial charge is 0.272 e. The zero-order chi connectivity index (χ0) is 16.1. The molecule has 6 heteroatoms. The summed E-state index contributed by atoms with van der Waals surface area (Å²) in [5, 5.41) is 14.2. The first-order valence-electron chi connectivity index (χ1n) is 8.25. The van der Waals surface area contributed by atoms with Crippen molar-refractivity contribution in [1.82, 2.24) is 15.5 Å². The van der Waals surface area contributed by atoms with Crippen molar-refractivity contribution in [3.8, 4) is 0 Å². The minimum Gasteiger partial charge on any atom is -0.368 e. The van der Waals surface area contributed by atoms with E-state index in [1.165, 1.54) is 12.8 Å². The minimum absolute atomic E-state index is 0.185. The number of H-pyrrole nitrogens is 1. The molecule has 1 aliphatic rings. The Bertz CT molecular complexity index is 735. The molecule has 2 aromatic rings. The number of rotatable bonds is 6. The number of hydrogen-bond donors (Lipinski definition) is 3. The normalized spacial score (nSPS) is 15.0. The van der Waals surface area contributed by atoms with Gasteiger partial charge >= 0.3 is 0 Å². The number of aromatic amines is 1. The molecule has 1 aromatic heterocycles. The van der Waals surface area contributed by atoms with Crippen molar-refractivity contribution in [3.05, 3.63) is 34.6 Å². The largest absolute Gasteiger partial charge is 0.368 e. The Labute approximate surface area is 134 Å². The van der Waals surface area contributed by atoms with Crippen molar-refractivity contribution < 1.29 is 4.79 Å². The lowest BCUT2D eigenvalue weighted by Gasteiger charge is -2.11. The molecule has 0 unspecified atom stereocenters. The molecule has 1 amide bonds. The lowest BCUT2D eigenvalue weighted by atomic mass is 10.1. The molecule has 0 radical (unpaired) electrons. The van der Waals surface area contributed by atoms with Crippen LogP contribution in [0.2, 0.25) is 0 Å². The number of benzene rings is 1. The first-order chi connectivity index (χ1) is 11.3. The molecule has 3 N–H and O–H groups in total. The average molecular weight is 314 g/mol. The third-order valence-electron chi connectivity index (χ3n) is 4.37. The van der Waals surface area contributed by atoms with E-state index in [0.717, 1.165) is 24.6 Å². The molecule has 0 atom stereocenters. The third-order valence-corrected chi connectivity index (χ3v) is 4.37. The molecule has 6 nitrogen and oxygen atoms in total. The molecule has 0 bridgehead atoms.